The van der Waals surface area contributed by atoms with Gasteiger partial charge in [0.2, 0.25) is 5.82 Å². The lowest BCUT2D eigenvalue weighted by Gasteiger charge is -2.39. The van der Waals surface area contributed by atoms with Crippen LogP contribution < -0.4 is 10.6 Å². The summed E-state index contributed by atoms with van der Waals surface area (Å²) in [6.07, 6.45) is 0.728. The molecule has 1 aliphatic rings. The van der Waals surface area contributed by atoms with Crippen molar-refractivity contribution in [2.24, 2.45) is 0 Å². The quantitative estimate of drug-likeness (QED) is 0.401. The van der Waals surface area contributed by atoms with Gasteiger partial charge < -0.3 is 10.6 Å². The zero-order chi connectivity index (χ0) is 26.6. The van der Waals surface area contributed by atoms with Crippen LogP contribution >= 0.6 is 0 Å². The first-order valence-corrected chi connectivity index (χ1v) is 12.3. The molecule has 0 spiro atoms. The van der Waals surface area contributed by atoms with Crippen LogP contribution in [0.5, 0.6) is 0 Å². The molecular formula is C26H30F4N6O. The van der Waals surface area contributed by atoms with Gasteiger partial charge in [0.1, 0.15) is 11.5 Å². The van der Waals surface area contributed by atoms with E-state index in [1.54, 1.807) is 31.3 Å². The average molecular weight is 519 g/mol. The molecule has 0 radical (unpaired) electrons. The van der Waals surface area contributed by atoms with Crippen LogP contribution in [0.3, 0.4) is 0 Å². The van der Waals surface area contributed by atoms with Gasteiger partial charge in [-0.05, 0) is 43.7 Å². The third-order valence-electron chi connectivity index (χ3n) is 6.64. The van der Waals surface area contributed by atoms with Gasteiger partial charge in [-0.1, -0.05) is 19.1 Å². The Hall–Kier alpha value is -3.34. The molecule has 1 aromatic carbocycles. The fourth-order valence-corrected chi connectivity index (χ4v) is 4.49. The fourth-order valence-electron chi connectivity index (χ4n) is 4.49. The van der Waals surface area contributed by atoms with Crippen LogP contribution in [0.4, 0.5) is 23.4 Å². The molecule has 3 heterocycles. The minimum atomic E-state index is -4.66. The molecule has 1 aliphatic heterocycles. The van der Waals surface area contributed by atoms with Crippen molar-refractivity contribution in [1.29, 1.82) is 0 Å². The van der Waals surface area contributed by atoms with E-state index in [9.17, 15) is 22.4 Å². The van der Waals surface area contributed by atoms with Crippen LogP contribution in [0, 0.1) is 0 Å². The zero-order valence-corrected chi connectivity index (χ0v) is 20.8. The molecule has 0 aliphatic carbocycles. The number of rotatable bonds is 8. The summed E-state index contributed by atoms with van der Waals surface area (Å²) < 4.78 is 53.4. The van der Waals surface area contributed by atoms with Gasteiger partial charge in [-0.25, -0.2) is 19.3 Å². The highest BCUT2D eigenvalue weighted by Crippen LogP contribution is 2.32. The standard InChI is InChI=1S/C26H30F4N6O/c1-3-10-31-22-19-5-4-6-20(18(19)7-11-32-22)23(37)33-16-21(36-12-8-25(2,27)9-13-36)17-14-34-24(35-15-17)26(28,29)30/h4-7,11,14-15,21H,3,8-10,12-13,16H2,1-2H3,(H,31,32)(H,33,37). The van der Waals surface area contributed by atoms with E-state index >= 15 is 0 Å². The molecule has 11 heteroatoms. The number of halogens is 4. The monoisotopic (exact) mass is 518 g/mol. The number of hydrogen-bond donors (Lipinski definition) is 2. The Bertz CT molecular complexity index is 1220. The van der Waals surface area contributed by atoms with E-state index in [0.717, 1.165) is 36.1 Å². The van der Waals surface area contributed by atoms with E-state index in [4.69, 9.17) is 0 Å². The van der Waals surface area contributed by atoms with Gasteiger partial charge in [0, 0.05) is 61.3 Å². The van der Waals surface area contributed by atoms with Gasteiger partial charge >= 0.3 is 6.18 Å². The molecule has 1 amide bonds. The summed E-state index contributed by atoms with van der Waals surface area (Å²) in [4.78, 5) is 26.6. The fraction of sp³-hybridized carbons (Fsp3) is 0.462. The smallest absolute Gasteiger partial charge is 0.370 e. The van der Waals surface area contributed by atoms with Gasteiger partial charge in [0.05, 0.1) is 6.04 Å². The molecule has 1 fully saturated rings. The molecule has 0 saturated carbocycles. The van der Waals surface area contributed by atoms with Gasteiger partial charge in [-0.3, -0.25) is 9.69 Å². The molecule has 0 bridgehead atoms. The lowest BCUT2D eigenvalue weighted by molar-refractivity contribution is -0.145. The molecule has 1 unspecified atom stereocenters. The van der Waals surface area contributed by atoms with Gasteiger partial charge in [-0.15, -0.1) is 0 Å². The number of aromatic nitrogens is 3. The van der Waals surface area contributed by atoms with Crippen LogP contribution in [0.1, 0.15) is 60.9 Å². The third kappa shape index (κ3) is 6.33. The number of carbonyl (C=O) groups excluding carboxylic acids is 1. The second-order valence-corrected chi connectivity index (χ2v) is 9.50. The van der Waals surface area contributed by atoms with Crippen molar-refractivity contribution in [2.45, 2.75) is 51.0 Å². The predicted molar refractivity (Wildman–Crippen MR) is 133 cm³/mol. The Morgan fingerprint density at radius 1 is 1.11 bits per heavy atom. The predicted octanol–water partition coefficient (Wildman–Crippen LogP) is 5.16. The number of amides is 1. The first kappa shape index (κ1) is 26.7. The molecule has 1 atom stereocenters. The average Bonchev–Trinajstić information content (AvgIpc) is 2.87. The van der Waals surface area contributed by atoms with Gasteiger partial charge in [-0.2, -0.15) is 13.2 Å². The van der Waals surface area contributed by atoms with Crippen molar-refractivity contribution < 1.29 is 22.4 Å². The molecule has 37 heavy (non-hydrogen) atoms. The molecule has 2 N–H and O–H groups in total. The maximum absolute atomic E-state index is 14.4. The maximum atomic E-state index is 14.4. The van der Waals surface area contributed by atoms with Gasteiger partial charge in [0.15, 0.2) is 0 Å². The Morgan fingerprint density at radius 3 is 2.46 bits per heavy atom. The maximum Gasteiger partial charge on any atom is 0.451 e. The van der Waals surface area contributed by atoms with E-state index in [0.29, 0.717) is 30.0 Å². The van der Waals surface area contributed by atoms with E-state index in [1.165, 1.54) is 0 Å². The molecule has 3 aromatic rings. The minimum Gasteiger partial charge on any atom is -0.370 e. The van der Waals surface area contributed by atoms with Crippen molar-refractivity contribution in [3.8, 4) is 0 Å². The number of likely N-dealkylation sites (tertiary alicyclic amines) is 1. The van der Waals surface area contributed by atoms with Crippen molar-refractivity contribution in [3.63, 3.8) is 0 Å². The normalized spacial score (nSPS) is 16.9. The van der Waals surface area contributed by atoms with E-state index in [1.807, 2.05) is 17.9 Å². The molecule has 4 rings (SSSR count). The number of alkyl halides is 4. The summed E-state index contributed by atoms with van der Waals surface area (Å²) in [5.41, 5.74) is -0.428. The lowest BCUT2D eigenvalue weighted by Crippen LogP contribution is -2.45. The lowest BCUT2D eigenvalue weighted by atomic mass is 9.93. The van der Waals surface area contributed by atoms with Crippen LogP contribution in [0.25, 0.3) is 10.8 Å². The zero-order valence-electron chi connectivity index (χ0n) is 20.8. The number of fused-ring (bicyclic) bond motifs is 1. The summed E-state index contributed by atoms with van der Waals surface area (Å²) >= 11 is 0. The number of hydrogen-bond acceptors (Lipinski definition) is 6. The Labute approximate surface area is 212 Å². The SMILES string of the molecule is CCCNc1nccc2c(C(=O)NCC(c3cnc(C(F)(F)F)nc3)N3CCC(C)(F)CC3)cccc12. The molecule has 198 valence electrons. The molecule has 2 aromatic heterocycles. The van der Waals surface area contributed by atoms with Gasteiger partial charge in [0.25, 0.3) is 5.91 Å². The summed E-state index contributed by atoms with van der Waals surface area (Å²) in [5.74, 6) is -0.870. The minimum absolute atomic E-state index is 0.0962. The number of anilines is 1. The van der Waals surface area contributed by atoms with E-state index in [-0.39, 0.29) is 25.3 Å². The van der Waals surface area contributed by atoms with E-state index in [2.05, 4.69) is 25.6 Å². The first-order chi connectivity index (χ1) is 17.6. The van der Waals surface area contributed by atoms with Crippen molar-refractivity contribution >= 4 is 22.5 Å². The second kappa shape index (κ2) is 11.0. The van der Waals surface area contributed by atoms with Crippen LogP contribution in [0.2, 0.25) is 0 Å². The summed E-state index contributed by atoms with van der Waals surface area (Å²) in [7, 11) is 0. The summed E-state index contributed by atoms with van der Waals surface area (Å²) in [5, 5.41) is 7.73. The number of benzene rings is 1. The molecular weight excluding hydrogens is 488 g/mol. The Balaban J connectivity index is 1.57. The van der Waals surface area contributed by atoms with Crippen molar-refractivity contribution in [3.05, 3.63) is 59.8 Å². The molecule has 7 nitrogen and oxygen atoms in total. The Morgan fingerprint density at radius 2 is 1.81 bits per heavy atom. The van der Waals surface area contributed by atoms with Crippen molar-refractivity contribution in [2.75, 3.05) is 31.5 Å². The summed E-state index contributed by atoms with van der Waals surface area (Å²) in [6, 6.07) is 6.65. The summed E-state index contributed by atoms with van der Waals surface area (Å²) in [6.45, 7) is 5.21. The van der Waals surface area contributed by atoms with Crippen LogP contribution in [-0.4, -0.2) is 57.6 Å². The topological polar surface area (TPSA) is 83.0 Å². The largest absolute Gasteiger partial charge is 0.451 e. The first-order valence-electron chi connectivity index (χ1n) is 12.3. The van der Waals surface area contributed by atoms with Crippen LogP contribution in [-0.2, 0) is 6.18 Å². The second-order valence-electron chi connectivity index (χ2n) is 9.50. The van der Waals surface area contributed by atoms with Crippen molar-refractivity contribution in [1.82, 2.24) is 25.2 Å². The highest BCUT2D eigenvalue weighted by atomic mass is 19.4. The number of nitrogens with zero attached hydrogens (tertiary/aromatic N) is 4. The highest BCUT2D eigenvalue weighted by molar-refractivity contribution is 6.09. The Kier molecular flexibility index (Phi) is 7.91. The van der Waals surface area contributed by atoms with E-state index < -0.39 is 23.7 Å². The third-order valence-corrected chi connectivity index (χ3v) is 6.64. The highest BCUT2D eigenvalue weighted by Gasteiger charge is 2.36. The number of piperidine rings is 1. The number of carbonyl (C=O) groups is 1. The number of nitrogens with one attached hydrogen (secondary N) is 2. The number of pyridine rings is 1. The van der Waals surface area contributed by atoms with Crippen LogP contribution in [0.15, 0.2) is 42.9 Å². The molecule has 1 saturated heterocycles.